The number of rotatable bonds is 1. The van der Waals surface area contributed by atoms with Gasteiger partial charge in [-0.1, -0.05) is 32.9 Å². The van der Waals surface area contributed by atoms with Crippen molar-refractivity contribution in [1.29, 1.82) is 0 Å². The summed E-state index contributed by atoms with van der Waals surface area (Å²) in [4.78, 5) is 1.97. The van der Waals surface area contributed by atoms with Gasteiger partial charge in [0.1, 0.15) is 6.23 Å². The van der Waals surface area contributed by atoms with Crippen molar-refractivity contribution in [1.82, 2.24) is 0 Å². The highest BCUT2D eigenvalue weighted by Crippen LogP contribution is 2.31. The van der Waals surface area contributed by atoms with Crippen molar-refractivity contribution >= 4 is 5.69 Å². The second-order valence-corrected chi connectivity index (χ2v) is 6.33. The fourth-order valence-corrected chi connectivity index (χ4v) is 2.54. The molecule has 0 aliphatic carbocycles. The van der Waals surface area contributed by atoms with Gasteiger partial charge in [0.15, 0.2) is 0 Å². The largest absolute Gasteiger partial charge is 0.374 e. The third-order valence-electron chi connectivity index (χ3n) is 3.38. The molecule has 0 saturated carbocycles. The number of aryl methyl sites for hydroxylation is 1. The molecule has 1 unspecified atom stereocenters. The lowest BCUT2D eigenvalue weighted by Crippen LogP contribution is -2.35. The summed E-state index contributed by atoms with van der Waals surface area (Å²) in [5.74, 6) is 0. The Labute approximate surface area is 104 Å². The van der Waals surface area contributed by atoms with E-state index in [1.54, 1.807) is 0 Å². The minimum absolute atomic E-state index is 0.323. The number of nitrogens with zero attached hydrogens (tertiary/aromatic N) is 1. The molecule has 1 atom stereocenters. The van der Waals surface area contributed by atoms with E-state index in [2.05, 4.69) is 39.0 Å². The van der Waals surface area contributed by atoms with Crippen molar-refractivity contribution in [2.45, 2.75) is 46.3 Å². The van der Waals surface area contributed by atoms with Crippen molar-refractivity contribution in [3.8, 4) is 0 Å². The highest BCUT2D eigenvalue weighted by molar-refractivity contribution is 5.56. The van der Waals surface area contributed by atoms with Crippen LogP contribution in [-0.4, -0.2) is 18.4 Å². The van der Waals surface area contributed by atoms with Crippen LogP contribution in [-0.2, 0) is 12.8 Å². The number of hydrogen-bond donors (Lipinski definition) is 1. The molecule has 1 aliphatic rings. The Morgan fingerprint density at radius 1 is 1.35 bits per heavy atom. The summed E-state index contributed by atoms with van der Waals surface area (Å²) in [7, 11) is 1.96. The molecule has 0 amide bonds. The van der Waals surface area contributed by atoms with Crippen molar-refractivity contribution in [2.75, 3.05) is 11.9 Å². The van der Waals surface area contributed by atoms with Crippen molar-refractivity contribution in [2.24, 2.45) is 5.41 Å². The van der Waals surface area contributed by atoms with Gasteiger partial charge in [-0.15, -0.1) is 0 Å². The van der Waals surface area contributed by atoms with Gasteiger partial charge < -0.3 is 10.0 Å². The van der Waals surface area contributed by atoms with Crippen LogP contribution in [0.4, 0.5) is 5.69 Å². The highest BCUT2D eigenvalue weighted by Gasteiger charge is 2.21. The molecule has 0 bridgehead atoms. The van der Waals surface area contributed by atoms with Gasteiger partial charge in [-0.2, -0.15) is 0 Å². The van der Waals surface area contributed by atoms with Crippen LogP contribution < -0.4 is 4.90 Å². The zero-order chi connectivity index (χ0) is 12.6. The second-order valence-electron chi connectivity index (χ2n) is 6.33. The van der Waals surface area contributed by atoms with Gasteiger partial charge >= 0.3 is 0 Å². The van der Waals surface area contributed by atoms with Crippen LogP contribution in [0.15, 0.2) is 18.2 Å². The van der Waals surface area contributed by atoms with Gasteiger partial charge in [-0.05, 0) is 41.9 Å². The molecule has 1 aromatic carbocycles. The lowest BCUT2D eigenvalue weighted by Gasteiger charge is -2.33. The van der Waals surface area contributed by atoms with Crippen LogP contribution in [0.25, 0.3) is 0 Å². The summed E-state index contributed by atoms with van der Waals surface area (Å²) in [6, 6.07) is 6.65. The topological polar surface area (TPSA) is 23.5 Å². The number of aliphatic hydroxyl groups excluding tert-OH is 1. The zero-order valence-corrected chi connectivity index (χ0v) is 11.3. The van der Waals surface area contributed by atoms with E-state index in [0.717, 1.165) is 19.3 Å². The van der Waals surface area contributed by atoms with Crippen molar-refractivity contribution in [3.05, 3.63) is 29.3 Å². The van der Waals surface area contributed by atoms with Gasteiger partial charge in [0.2, 0.25) is 0 Å². The third-order valence-corrected chi connectivity index (χ3v) is 3.38. The molecule has 1 N–H and O–H groups in total. The molecular formula is C15H23NO. The zero-order valence-electron chi connectivity index (χ0n) is 11.3. The minimum atomic E-state index is -0.323. The smallest absolute Gasteiger partial charge is 0.126 e. The predicted octanol–water partition coefficient (Wildman–Crippen LogP) is 2.98. The molecule has 1 aliphatic heterocycles. The molecule has 2 heteroatoms. The molecule has 1 aromatic rings. The average molecular weight is 233 g/mol. The molecule has 0 fully saturated rings. The van der Waals surface area contributed by atoms with E-state index in [-0.39, 0.29) is 6.23 Å². The first-order valence-electron chi connectivity index (χ1n) is 6.39. The quantitative estimate of drug-likeness (QED) is 0.806. The minimum Gasteiger partial charge on any atom is -0.374 e. The Hall–Kier alpha value is -1.02. The lowest BCUT2D eigenvalue weighted by atomic mass is 9.86. The van der Waals surface area contributed by atoms with Crippen LogP contribution in [0.5, 0.6) is 0 Å². The molecule has 2 nitrogen and oxygen atoms in total. The van der Waals surface area contributed by atoms with Crippen LogP contribution in [0.2, 0.25) is 0 Å². The summed E-state index contributed by atoms with van der Waals surface area (Å²) >= 11 is 0. The molecule has 17 heavy (non-hydrogen) atoms. The lowest BCUT2D eigenvalue weighted by molar-refractivity contribution is 0.160. The fraction of sp³-hybridized carbons (Fsp3) is 0.600. The number of fused-ring (bicyclic) bond motifs is 1. The molecule has 2 rings (SSSR count). The third kappa shape index (κ3) is 2.81. The SMILES string of the molecule is CN1c2ccc(CC(C)(C)C)cc2CCC1O. The first-order chi connectivity index (χ1) is 7.87. The van der Waals surface area contributed by atoms with Gasteiger partial charge in [-0.3, -0.25) is 0 Å². The van der Waals surface area contributed by atoms with E-state index in [1.165, 1.54) is 16.8 Å². The number of benzene rings is 1. The Balaban J connectivity index is 2.26. The van der Waals surface area contributed by atoms with E-state index >= 15 is 0 Å². The number of anilines is 1. The average Bonchev–Trinajstić information content (AvgIpc) is 2.21. The fourth-order valence-electron chi connectivity index (χ4n) is 2.54. The molecule has 0 radical (unpaired) electrons. The van der Waals surface area contributed by atoms with Crippen LogP contribution in [0.3, 0.4) is 0 Å². The Bertz CT molecular complexity index is 406. The predicted molar refractivity (Wildman–Crippen MR) is 72.3 cm³/mol. The highest BCUT2D eigenvalue weighted by atomic mass is 16.3. The van der Waals surface area contributed by atoms with Crippen LogP contribution in [0.1, 0.15) is 38.3 Å². The first kappa shape index (κ1) is 12.4. The standard InChI is InChI=1S/C15H23NO/c1-15(2,3)10-11-5-7-13-12(9-11)6-8-14(17)16(13)4/h5,7,9,14,17H,6,8,10H2,1-4H3. The van der Waals surface area contributed by atoms with Crippen LogP contribution in [0, 0.1) is 5.41 Å². The molecular weight excluding hydrogens is 210 g/mol. The maximum atomic E-state index is 9.81. The normalized spacial score (nSPS) is 20.3. The maximum absolute atomic E-state index is 9.81. The summed E-state index contributed by atoms with van der Waals surface area (Å²) in [5.41, 5.74) is 4.29. The molecule has 1 heterocycles. The summed E-state index contributed by atoms with van der Waals surface area (Å²) in [5, 5.41) is 9.81. The van der Waals surface area contributed by atoms with E-state index in [4.69, 9.17) is 0 Å². The molecule has 0 spiro atoms. The second kappa shape index (κ2) is 4.34. The number of hydrogen-bond acceptors (Lipinski definition) is 2. The Morgan fingerprint density at radius 3 is 2.71 bits per heavy atom. The number of aliphatic hydroxyl groups is 1. The van der Waals surface area contributed by atoms with E-state index in [9.17, 15) is 5.11 Å². The van der Waals surface area contributed by atoms with Gasteiger partial charge in [0, 0.05) is 12.7 Å². The van der Waals surface area contributed by atoms with Gasteiger partial charge in [0.05, 0.1) is 0 Å². The van der Waals surface area contributed by atoms with E-state index < -0.39 is 0 Å². The summed E-state index contributed by atoms with van der Waals surface area (Å²) in [6.07, 6.45) is 2.60. The Kier molecular flexibility index (Phi) is 3.17. The van der Waals surface area contributed by atoms with E-state index in [1.807, 2.05) is 11.9 Å². The van der Waals surface area contributed by atoms with Gasteiger partial charge in [-0.25, -0.2) is 0 Å². The molecule has 0 aromatic heterocycles. The summed E-state index contributed by atoms with van der Waals surface area (Å²) in [6.45, 7) is 6.80. The van der Waals surface area contributed by atoms with Crippen LogP contribution >= 0.6 is 0 Å². The van der Waals surface area contributed by atoms with Gasteiger partial charge in [0.25, 0.3) is 0 Å². The monoisotopic (exact) mass is 233 g/mol. The molecule has 0 saturated heterocycles. The van der Waals surface area contributed by atoms with E-state index in [0.29, 0.717) is 5.41 Å². The molecule has 94 valence electrons. The summed E-state index contributed by atoms with van der Waals surface area (Å²) < 4.78 is 0. The van der Waals surface area contributed by atoms with Crippen molar-refractivity contribution in [3.63, 3.8) is 0 Å². The Morgan fingerprint density at radius 2 is 2.06 bits per heavy atom. The first-order valence-corrected chi connectivity index (χ1v) is 6.39. The maximum Gasteiger partial charge on any atom is 0.126 e. The van der Waals surface area contributed by atoms with Crippen molar-refractivity contribution < 1.29 is 5.11 Å².